The Bertz CT molecular complexity index is 1740. The molecule has 208 valence electrons. The number of halogens is 2. The van der Waals surface area contributed by atoms with Crippen LogP contribution in [-0.2, 0) is 14.4 Å². The van der Waals surface area contributed by atoms with Crippen LogP contribution >= 0.6 is 50.6 Å². The van der Waals surface area contributed by atoms with E-state index in [9.17, 15) is 19.2 Å². The maximum atomic E-state index is 14.0. The van der Waals surface area contributed by atoms with Gasteiger partial charge in [0.15, 0.2) is 6.61 Å². The molecule has 0 spiro atoms. The normalized spacial score (nSPS) is 19.6. The van der Waals surface area contributed by atoms with Crippen molar-refractivity contribution in [2.24, 2.45) is 5.92 Å². The molecule has 41 heavy (non-hydrogen) atoms. The molecule has 12 heteroatoms. The summed E-state index contributed by atoms with van der Waals surface area (Å²) in [4.78, 5) is 57.2. The Morgan fingerprint density at radius 2 is 1.78 bits per heavy atom. The Balaban J connectivity index is 1.36. The lowest BCUT2D eigenvalue weighted by Gasteiger charge is -2.31. The van der Waals surface area contributed by atoms with Crippen LogP contribution in [0.3, 0.4) is 0 Å². The third-order valence-electron chi connectivity index (χ3n) is 6.91. The van der Waals surface area contributed by atoms with Crippen molar-refractivity contribution in [2.45, 2.75) is 23.1 Å². The average molecular weight is 671 g/mol. The topological polar surface area (TPSA) is 109 Å². The summed E-state index contributed by atoms with van der Waals surface area (Å²) < 4.78 is 6.73. The van der Waals surface area contributed by atoms with Crippen molar-refractivity contribution in [1.82, 2.24) is 4.98 Å². The summed E-state index contributed by atoms with van der Waals surface area (Å²) >= 11 is 11.7. The molecule has 3 unspecified atom stereocenters. The molecular weight excluding hydrogens is 650 g/mol. The maximum Gasteiger partial charge on any atom is 0.305 e. The Morgan fingerprint density at radius 1 is 1.05 bits per heavy atom. The van der Waals surface area contributed by atoms with Crippen LogP contribution in [0.25, 0.3) is 0 Å². The Kier molecular flexibility index (Phi) is 7.54. The van der Waals surface area contributed by atoms with Gasteiger partial charge in [0.05, 0.1) is 16.6 Å². The zero-order chi connectivity index (χ0) is 28.8. The van der Waals surface area contributed by atoms with Crippen LogP contribution in [-0.4, -0.2) is 34.6 Å². The fraction of sp³-hybridized carbons (Fsp3) is 0.172. The van der Waals surface area contributed by atoms with E-state index in [1.54, 1.807) is 36.4 Å². The molecule has 3 atom stereocenters. The molecule has 2 N–H and O–H groups in total. The number of nitrogens with zero attached hydrogens (tertiary/aromatic N) is 1. The molecular formula is C29H21BrClN3O5S2. The van der Waals surface area contributed by atoms with Gasteiger partial charge in [0.25, 0.3) is 5.91 Å². The van der Waals surface area contributed by atoms with Crippen LogP contribution in [0.15, 0.2) is 81.0 Å². The van der Waals surface area contributed by atoms with Crippen molar-refractivity contribution in [2.75, 3.05) is 16.8 Å². The molecule has 2 aliphatic heterocycles. The lowest BCUT2D eigenvalue weighted by atomic mass is 9.82. The SMILES string of the molecule is Cc1ccc(NC(=O)COc2ccc(Br)cc2C2c3sc(=O)[nH]c3SC3C(=O)N(c4ccc(Cl)cc4)C(=O)C32)cc1. The molecule has 0 bridgehead atoms. The van der Waals surface area contributed by atoms with Gasteiger partial charge in [-0.05, 0) is 61.5 Å². The van der Waals surface area contributed by atoms with E-state index in [4.69, 9.17) is 16.3 Å². The first-order valence-electron chi connectivity index (χ1n) is 12.5. The number of benzene rings is 3. The lowest BCUT2D eigenvalue weighted by molar-refractivity contribution is -0.122. The van der Waals surface area contributed by atoms with Gasteiger partial charge in [-0.25, -0.2) is 4.90 Å². The van der Waals surface area contributed by atoms with Crippen molar-refractivity contribution in [3.05, 3.63) is 102 Å². The standard InChI is InChI=1S/C29H21BrClN3O5S2/c1-14-2-7-17(8-3-14)32-21(35)13-39-20-11-4-15(30)12-19(20)22-23-25(40-26-24(22)41-29(38)33-26)28(37)34(27(23)36)18-9-5-16(31)6-10-18/h2-12,22-23,25H,13H2,1H3,(H,32,35)(H,33,38). The highest BCUT2D eigenvalue weighted by Crippen LogP contribution is 2.54. The molecule has 2 aliphatic rings. The van der Waals surface area contributed by atoms with Crippen molar-refractivity contribution in [3.8, 4) is 5.75 Å². The summed E-state index contributed by atoms with van der Waals surface area (Å²) in [6.45, 7) is 1.68. The van der Waals surface area contributed by atoms with Crippen molar-refractivity contribution in [1.29, 1.82) is 0 Å². The summed E-state index contributed by atoms with van der Waals surface area (Å²) in [5.41, 5.74) is 2.73. The quantitative estimate of drug-likeness (QED) is 0.245. The van der Waals surface area contributed by atoms with Gasteiger partial charge in [-0.2, -0.15) is 0 Å². The molecule has 1 aromatic heterocycles. The lowest BCUT2D eigenvalue weighted by Crippen LogP contribution is -2.32. The van der Waals surface area contributed by atoms with Gasteiger partial charge in [0.1, 0.15) is 11.0 Å². The van der Waals surface area contributed by atoms with E-state index in [1.807, 2.05) is 37.3 Å². The van der Waals surface area contributed by atoms with E-state index in [0.717, 1.165) is 21.4 Å². The first kappa shape index (κ1) is 27.8. The molecule has 3 amide bonds. The number of hydrogen-bond donors (Lipinski definition) is 2. The first-order chi connectivity index (χ1) is 19.7. The smallest absolute Gasteiger partial charge is 0.305 e. The predicted molar refractivity (Wildman–Crippen MR) is 163 cm³/mol. The van der Waals surface area contributed by atoms with E-state index in [1.165, 1.54) is 16.7 Å². The molecule has 3 aromatic carbocycles. The number of imide groups is 1. The molecule has 3 heterocycles. The van der Waals surface area contributed by atoms with Crippen LogP contribution in [0.2, 0.25) is 5.02 Å². The highest BCUT2D eigenvalue weighted by atomic mass is 79.9. The number of thiazole rings is 1. The van der Waals surface area contributed by atoms with Crippen molar-refractivity contribution in [3.63, 3.8) is 0 Å². The number of carbonyl (C=O) groups excluding carboxylic acids is 3. The van der Waals surface area contributed by atoms with E-state index < -0.39 is 17.1 Å². The van der Waals surface area contributed by atoms with Gasteiger partial charge >= 0.3 is 4.87 Å². The average Bonchev–Trinajstić information content (AvgIpc) is 3.44. The third kappa shape index (κ3) is 5.34. The van der Waals surface area contributed by atoms with E-state index in [-0.39, 0.29) is 29.2 Å². The van der Waals surface area contributed by atoms with Crippen molar-refractivity contribution >= 4 is 79.7 Å². The maximum absolute atomic E-state index is 14.0. The minimum atomic E-state index is -0.805. The summed E-state index contributed by atoms with van der Waals surface area (Å²) in [6, 6.07) is 19.2. The molecule has 0 radical (unpaired) electrons. The zero-order valence-corrected chi connectivity index (χ0v) is 25.3. The first-order valence-corrected chi connectivity index (χ1v) is 15.4. The van der Waals surface area contributed by atoms with Crippen LogP contribution < -0.4 is 19.8 Å². The molecule has 1 fully saturated rings. The van der Waals surface area contributed by atoms with Gasteiger partial charge in [0.2, 0.25) is 11.8 Å². The summed E-state index contributed by atoms with van der Waals surface area (Å²) in [5.74, 6) is -2.20. The number of aromatic amines is 1. The van der Waals surface area contributed by atoms with Crippen LogP contribution in [0, 0.1) is 12.8 Å². The summed E-state index contributed by atoms with van der Waals surface area (Å²) in [5, 5.41) is 3.08. The fourth-order valence-electron chi connectivity index (χ4n) is 5.07. The van der Waals surface area contributed by atoms with E-state index in [2.05, 4.69) is 26.2 Å². The summed E-state index contributed by atoms with van der Waals surface area (Å²) in [7, 11) is 0. The monoisotopic (exact) mass is 669 g/mol. The second-order valence-corrected chi connectivity index (χ2v) is 13.1. The number of amides is 3. The fourth-order valence-corrected chi connectivity index (χ4v) is 8.08. The van der Waals surface area contributed by atoms with Crippen LogP contribution in [0.1, 0.15) is 21.9 Å². The molecule has 4 aromatic rings. The van der Waals surface area contributed by atoms with E-state index in [0.29, 0.717) is 37.6 Å². The number of nitrogens with one attached hydrogen (secondary N) is 2. The molecule has 0 saturated carbocycles. The van der Waals surface area contributed by atoms with Crippen molar-refractivity contribution < 1.29 is 19.1 Å². The van der Waals surface area contributed by atoms with Crippen LogP contribution in [0.5, 0.6) is 5.75 Å². The summed E-state index contributed by atoms with van der Waals surface area (Å²) in [6.07, 6.45) is 0. The number of ether oxygens (including phenoxy) is 1. The zero-order valence-electron chi connectivity index (χ0n) is 21.4. The number of hydrogen-bond acceptors (Lipinski definition) is 7. The van der Waals surface area contributed by atoms with Gasteiger partial charge in [-0.1, -0.05) is 68.3 Å². The Morgan fingerprint density at radius 3 is 2.51 bits per heavy atom. The second kappa shape index (κ2) is 11.1. The van der Waals surface area contributed by atoms with Gasteiger partial charge < -0.3 is 15.0 Å². The number of aromatic nitrogens is 1. The predicted octanol–water partition coefficient (Wildman–Crippen LogP) is 5.97. The molecule has 6 rings (SSSR count). The van der Waals surface area contributed by atoms with E-state index >= 15 is 0 Å². The number of thioether (sulfide) groups is 1. The van der Waals surface area contributed by atoms with Gasteiger partial charge in [-0.15, -0.1) is 0 Å². The number of fused-ring (bicyclic) bond motifs is 2. The molecule has 1 saturated heterocycles. The minimum absolute atomic E-state index is 0.280. The minimum Gasteiger partial charge on any atom is -0.483 e. The molecule has 0 aliphatic carbocycles. The number of anilines is 2. The number of H-pyrrole nitrogens is 1. The third-order valence-corrected chi connectivity index (χ3v) is 10.1. The number of rotatable bonds is 6. The number of aryl methyl sites for hydroxylation is 1. The van der Waals surface area contributed by atoms with Gasteiger partial charge in [0, 0.05) is 31.5 Å². The van der Waals surface area contributed by atoms with Crippen LogP contribution in [0.4, 0.5) is 11.4 Å². The Hall–Kier alpha value is -3.38. The van der Waals surface area contributed by atoms with Gasteiger partial charge in [-0.3, -0.25) is 19.2 Å². The second-order valence-electron chi connectivity index (χ2n) is 9.62. The molecule has 8 nitrogen and oxygen atoms in total. The largest absolute Gasteiger partial charge is 0.483 e. The number of carbonyl (C=O) groups is 3. The Labute approximate surface area is 256 Å². The highest BCUT2D eigenvalue weighted by Gasteiger charge is 2.56. The highest BCUT2D eigenvalue weighted by molar-refractivity contribution is 9.10.